The van der Waals surface area contributed by atoms with E-state index in [0.29, 0.717) is 12.4 Å². The Labute approximate surface area is 111 Å². The minimum atomic E-state index is -0.423. The van der Waals surface area contributed by atoms with E-state index in [9.17, 15) is 4.79 Å². The molecule has 2 heterocycles. The molecule has 2 N–H and O–H groups in total. The molecule has 2 aromatic heterocycles. The number of rotatable bonds is 5. The lowest BCUT2D eigenvalue weighted by molar-refractivity contribution is -0.145. The molecule has 19 heavy (non-hydrogen) atoms. The van der Waals surface area contributed by atoms with Crippen LogP contribution in [0.1, 0.15) is 20.8 Å². The van der Waals surface area contributed by atoms with E-state index in [4.69, 9.17) is 4.74 Å². The van der Waals surface area contributed by atoms with Gasteiger partial charge in [0.1, 0.15) is 23.8 Å². The van der Waals surface area contributed by atoms with Crippen molar-refractivity contribution in [3.8, 4) is 0 Å². The number of aromatic nitrogens is 3. The number of anilines is 1. The van der Waals surface area contributed by atoms with Crippen LogP contribution in [0.3, 0.4) is 0 Å². The van der Waals surface area contributed by atoms with Crippen molar-refractivity contribution in [2.45, 2.75) is 26.8 Å². The van der Waals surface area contributed by atoms with Crippen LogP contribution < -0.4 is 5.32 Å². The van der Waals surface area contributed by atoms with E-state index < -0.39 is 6.04 Å². The van der Waals surface area contributed by atoms with Gasteiger partial charge in [0.15, 0.2) is 0 Å². The molecule has 0 saturated carbocycles. The van der Waals surface area contributed by atoms with Crippen LogP contribution in [0.25, 0.3) is 11.0 Å². The Morgan fingerprint density at radius 3 is 2.95 bits per heavy atom. The number of hydrogen-bond donors (Lipinski definition) is 2. The van der Waals surface area contributed by atoms with Crippen molar-refractivity contribution in [3.05, 3.63) is 18.6 Å². The highest BCUT2D eigenvalue weighted by Gasteiger charge is 2.24. The molecule has 0 saturated heterocycles. The van der Waals surface area contributed by atoms with E-state index in [0.717, 1.165) is 11.0 Å². The molecule has 6 nitrogen and oxygen atoms in total. The summed E-state index contributed by atoms with van der Waals surface area (Å²) in [6, 6.07) is 1.45. The number of carbonyl (C=O) groups excluding carboxylic acids is 1. The highest BCUT2D eigenvalue weighted by atomic mass is 16.5. The number of H-pyrrole nitrogens is 1. The fourth-order valence-corrected chi connectivity index (χ4v) is 1.86. The molecule has 0 aliphatic carbocycles. The molecule has 0 aliphatic heterocycles. The van der Waals surface area contributed by atoms with Gasteiger partial charge >= 0.3 is 5.97 Å². The number of hydrogen-bond acceptors (Lipinski definition) is 5. The lowest BCUT2D eigenvalue weighted by atomic mass is 10.0. The number of ether oxygens (including phenoxy) is 1. The van der Waals surface area contributed by atoms with E-state index in [2.05, 4.69) is 20.3 Å². The van der Waals surface area contributed by atoms with E-state index in [1.807, 2.05) is 19.9 Å². The lowest BCUT2D eigenvalue weighted by Gasteiger charge is -2.21. The maximum absolute atomic E-state index is 11.9. The van der Waals surface area contributed by atoms with Crippen LogP contribution in [0.15, 0.2) is 18.6 Å². The summed E-state index contributed by atoms with van der Waals surface area (Å²) in [6.45, 7) is 6.09. The highest BCUT2D eigenvalue weighted by molar-refractivity contribution is 5.89. The van der Waals surface area contributed by atoms with Crippen LogP contribution in [0, 0.1) is 5.92 Å². The highest BCUT2D eigenvalue weighted by Crippen LogP contribution is 2.20. The fraction of sp³-hybridized carbons (Fsp3) is 0.462. The Kier molecular flexibility index (Phi) is 3.99. The van der Waals surface area contributed by atoms with Crippen LogP contribution in [0.4, 0.5) is 5.82 Å². The van der Waals surface area contributed by atoms with Gasteiger partial charge in [-0.1, -0.05) is 13.8 Å². The van der Waals surface area contributed by atoms with E-state index in [-0.39, 0.29) is 11.9 Å². The smallest absolute Gasteiger partial charge is 0.328 e. The second-order valence-corrected chi connectivity index (χ2v) is 4.58. The van der Waals surface area contributed by atoms with Gasteiger partial charge < -0.3 is 15.0 Å². The SMILES string of the molecule is CCOC(=O)[C@@H](Nc1ncnc2[nH]ccc12)C(C)C. The van der Waals surface area contributed by atoms with Crippen molar-refractivity contribution in [3.63, 3.8) is 0 Å². The molecule has 0 radical (unpaired) electrons. The van der Waals surface area contributed by atoms with Crippen LogP contribution in [0.2, 0.25) is 0 Å². The Bertz CT molecular complexity index is 565. The topological polar surface area (TPSA) is 79.9 Å². The van der Waals surface area contributed by atoms with Gasteiger partial charge in [-0.3, -0.25) is 0 Å². The maximum Gasteiger partial charge on any atom is 0.328 e. The van der Waals surface area contributed by atoms with Crippen molar-refractivity contribution in [1.82, 2.24) is 15.0 Å². The van der Waals surface area contributed by atoms with E-state index >= 15 is 0 Å². The second kappa shape index (κ2) is 5.69. The first-order chi connectivity index (χ1) is 9.13. The van der Waals surface area contributed by atoms with Crippen molar-refractivity contribution in [1.29, 1.82) is 0 Å². The van der Waals surface area contributed by atoms with Crippen LogP contribution >= 0.6 is 0 Å². The van der Waals surface area contributed by atoms with Gasteiger partial charge in [0.05, 0.1) is 12.0 Å². The Hall–Kier alpha value is -2.11. The molecular weight excluding hydrogens is 244 g/mol. The lowest BCUT2D eigenvalue weighted by Crippen LogP contribution is -2.36. The number of carbonyl (C=O) groups is 1. The average molecular weight is 262 g/mol. The monoisotopic (exact) mass is 262 g/mol. The molecule has 0 bridgehead atoms. The molecular formula is C13H18N4O2. The third-order valence-corrected chi connectivity index (χ3v) is 2.85. The van der Waals surface area contributed by atoms with Gasteiger partial charge in [-0.25, -0.2) is 14.8 Å². The normalized spacial score (nSPS) is 12.6. The van der Waals surface area contributed by atoms with Gasteiger partial charge in [-0.15, -0.1) is 0 Å². The molecule has 0 unspecified atom stereocenters. The summed E-state index contributed by atoms with van der Waals surface area (Å²) in [6.07, 6.45) is 3.25. The molecule has 2 aromatic rings. The van der Waals surface area contributed by atoms with Crippen molar-refractivity contribution in [2.24, 2.45) is 5.92 Å². The minimum absolute atomic E-state index is 0.100. The van der Waals surface area contributed by atoms with Crippen molar-refractivity contribution >= 4 is 22.8 Å². The quantitative estimate of drug-likeness (QED) is 0.805. The Morgan fingerprint density at radius 1 is 1.47 bits per heavy atom. The first-order valence-electron chi connectivity index (χ1n) is 6.34. The van der Waals surface area contributed by atoms with Gasteiger partial charge in [0.2, 0.25) is 0 Å². The number of nitrogens with zero attached hydrogens (tertiary/aromatic N) is 2. The van der Waals surface area contributed by atoms with E-state index in [1.165, 1.54) is 6.33 Å². The Balaban J connectivity index is 2.26. The fourth-order valence-electron chi connectivity index (χ4n) is 1.86. The molecule has 0 fully saturated rings. The number of esters is 1. The zero-order valence-corrected chi connectivity index (χ0v) is 11.3. The van der Waals surface area contributed by atoms with Crippen LogP contribution in [-0.2, 0) is 9.53 Å². The molecule has 6 heteroatoms. The molecule has 0 aliphatic rings. The summed E-state index contributed by atoms with van der Waals surface area (Å²) >= 11 is 0. The first kappa shape index (κ1) is 13.3. The van der Waals surface area contributed by atoms with Crippen molar-refractivity contribution in [2.75, 3.05) is 11.9 Å². The van der Waals surface area contributed by atoms with Gasteiger partial charge in [-0.2, -0.15) is 0 Å². The summed E-state index contributed by atoms with van der Waals surface area (Å²) in [5.74, 6) is 0.473. The van der Waals surface area contributed by atoms with Crippen LogP contribution in [0.5, 0.6) is 0 Å². The molecule has 1 atom stereocenters. The third kappa shape index (κ3) is 2.83. The molecule has 0 aromatic carbocycles. The third-order valence-electron chi connectivity index (χ3n) is 2.85. The number of aromatic amines is 1. The predicted octanol–water partition coefficient (Wildman–Crippen LogP) is 1.96. The number of nitrogens with one attached hydrogen (secondary N) is 2. The predicted molar refractivity (Wildman–Crippen MR) is 72.8 cm³/mol. The summed E-state index contributed by atoms with van der Waals surface area (Å²) in [7, 11) is 0. The summed E-state index contributed by atoms with van der Waals surface area (Å²) in [4.78, 5) is 23.2. The second-order valence-electron chi connectivity index (χ2n) is 4.58. The molecule has 2 rings (SSSR count). The Morgan fingerprint density at radius 2 is 2.26 bits per heavy atom. The molecule has 0 spiro atoms. The van der Waals surface area contributed by atoms with Gasteiger partial charge in [-0.05, 0) is 18.9 Å². The largest absolute Gasteiger partial charge is 0.464 e. The zero-order valence-electron chi connectivity index (χ0n) is 11.3. The van der Waals surface area contributed by atoms with E-state index in [1.54, 1.807) is 13.1 Å². The summed E-state index contributed by atoms with van der Waals surface area (Å²) < 4.78 is 5.08. The molecule has 0 amide bonds. The summed E-state index contributed by atoms with van der Waals surface area (Å²) in [5.41, 5.74) is 0.740. The van der Waals surface area contributed by atoms with Crippen LogP contribution in [-0.4, -0.2) is 33.6 Å². The first-order valence-corrected chi connectivity index (χ1v) is 6.34. The average Bonchev–Trinajstić information content (AvgIpc) is 2.84. The van der Waals surface area contributed by atoms with Gasteiger partial charge in [0.25, 0.3) is 0 Å². The van der Waals surface area contributed by atoms with Gasteiger partial charge in [0, 0.05) is 6.20 Å². The van der Waals surface area contributed by atoms with Crippen molar-refractivity contribution < 1.29 is 9.53 Å². The summed E-state index contributed by atoms with van der Waals surface area (Å²) in [5, 5.41) is 4.01. The maximum atomic E-state index is 11.9. The standard InChI is InChI=1S/C13H18N4O2/c1-4-19-13(18)10(8(2)3)17-12-9-5-6-14-11(9)15-7-16-12/h5-8,10H,4H2,1-3H3,(H2,14,15,16,17)/t10-/m0/s1. The minimum Gasteiger partial charge on any atom is -0.464 e. The molecule has 102 valence electrons. The zero-order chi connectivity index (χ0) is 13.8. The number of fused-ring (bicyclic) bond motifs is 1.